The van der Waals surface area contributed by atoms with Crippen molar-refractivity contribution in [1.29, 1.82) is 0 Å². The van der Waals surface area contributed by atoms with Crippen molar-refractivity contribution in [3.8, 4) is 10.6 Å². The summed E-state index contributed by atoms with van der Waals surface area (Å²) in [5.41, 5.74) is 9.05. The van der Waals surface area contributed by atoms with E-state index < -0.39 is 0 Å². The Morgan fingerprint density at radius 2 is 2.00 bits per heavy atom. The van der Waals surface area contributed by atoms with Crippen LogP contribution in [0.5, 0.6) is 0 Å². The van der Waals surface area contributed by atoms with E-state index in [1.54, 1.807) is 11.3 Å². The van der Waals surface area contributed by atoms with Gasteiger partial charge in [0.1, 0.15) is 5.01 Å². The molecule has 2 nitrogen and oxygen atoms in total. The first-order chi connectivity index (χ1) is 7.29. The van der Waals surface area contributed by atoms with Crippen LogP contribution < -0.4 is 5.73 Å². The lowest BCUT2D eigenvalue weighted by atomic mass is 10.2. The number of nitrogens with two attached hydrogens (primary N) is 1. The van der Waals surface area contributed by atoms with Crippen molar-refractivity contribution >= 4 is 11.3 Å². The van der Waals surface area contributed by atoms with Crippen LogP contribution in [0.3, 0.4) is 0 Å². The summed E-state index contributed by atoms with van der Waals surface area (Å²) >= 11 is 1.68. The minimum Gasteiger partial charge on any atom is -0.330 e. The highest BCUT2D eigenvalue weighted by atomic mass is 32.1. The fourth-order valence-corrected chi connectivity index (χ4v) is 2.26. The molecule has 78 valence electrons. The van der Waals surface area contributed by atoms with E-state index in [9.17, 15) is 0 Å². The number of rotatable bonds is 3. The second-order valence-electron chi connectivity index (χ2n) is 3.55. The standard InChI is InChI=1S/C12H14N2S/c1-9-2-4-10(5-3-9)12-14-11(6-7-13)8-15-12/h2-5,8H,6-7,13H2,1H3. The Morgan fingerprint density at radius 3 is 2.67 bits per heavy atom. The molecule has 0 unspecified atom stereocenters. The normalized spacial score (nSPS) is 10.5. The van der Waals surface area contributed by atoms with Crippen molar-refractivity contribution in [2.45, 2.75) is 13.3 Å². The molecule has 0 amide bonds. The summed E-state index contributed by atoms with van der Waals surface area (Å²) in [6, 6.07) is 8.44. The van der Waals surface area contributed by atoms with E-state index in [-0.39, 0.29) is 0 Å². The molecule has 2 N–H and O–H groups in total. The quantitative estimate of drug-likeness (QED) is 0.860. The van der Waals surface area contributed by atoms with Crippen molar-refractivity contribution in [1.82, 2.24) is 4.98 Å². The third-order valence-electron chi connectivity index (χ3n) is 2.25. The summed E-state index contributed by atoms with van der Waals surface area (Å²) in [5, 5.41) is 3.17. The molecule has 0 aliphatic rings. The number of nitrogens with zero attached hydrogens (tertiary/aromatic N) is 1. The molecule has 0 bridgehead atoms. The van der Waals surface area contributed by atoms with E-state index in [0.717, 1.165) is 17.1 Å². The predicted octanol–water partition coefficient (Wildman–Crippen LogP) is 2.62. The fourth-order valence-electron chi connectivity index (χ4n) is 1.40. The molecule has 0 saturated heterocycles. The molecule has 2 rings (SSSR count). The number of thiazole rings is 1. The number of hydrogen-bond donors (Lipinski definition) is 1. The van der Waals surface area contributed by atoms with E-state index >= 15 is 0 Å². The first-order valence-corrected chi connectivity index (χ1v) is 5.89. The van der Waals surface area contributed by atoms with Crippen LogP contribution in [0.4, 0.5) is 0 Å². The Hall–Kier alpha value is -1.19. The van der Waals surface area contributed by atoms with E-state index in [2.05, 4.69) is 41.6 Å². The van der Waals surface area contributed by atoms with Crippen LogP contribution in [0.15, 0.2) is 29.6 Å². The molecule has 1 heterocycles. The smallest absolute Gasteiger partial charge is 0.123 e. The monoisotopic (exact) mass is 218 g/mol. The first kappa shape index (κ1) is 10.3. The van der Waals surface area contributed by atoms with Gasteiger partial charge in [-0.15, -0.1) is 11.3 Å². The van der Waals surface area contributed by atoms with E-state index in [0.29, 0.717) is 6.54 Å². The molecule has 0 fully saturated rings. The van der Waals surface area contributed by atoms with Gasteiger partial charge in [-0.25, -0.2) is 4.98 Å². The van der Waals surface area contributed by atoms with Crippen LogP contribution in [0.25, 0.3) is 10.6 Å². The average molecular weight is 218 g/mol. The largest absolute Gasteiger partial charge is 0.330 e. The maximum atomic E-state index is 5.49. The second kappa shape index (κ2) is 4.55. The van der Waals surface area contributed by atoms with Crippen molar-refractivity contribution in [3.63, 3.8) is 0 Å². The van der Waals surface area contributed by atoms with Gasteiger partial charge in [0, 0.05) is 17.4 Å². The molecule has 0 spiro atoms. The second-order valence-corrected chi connectivity index (χ2v) is 4.41. The van der Waals surface area contributed by atoms with Gasteiger partial charge in [0.25, 0.3) is 0 Å². The van der Waals surface area contributed by atoms with Crippen LogP contribution in [0, 0.1) is 6.92 Å². The molecule has 1 aromatic carbocycles. The minimum atomic E-state index is 0.664. The molecular weight excluding hydrogens is 204 g/mol. The molecule has 2 aromatic rings. The van der Waals surface area contributed by atoms with Gasteiger partial charge in [-0.05, 0) is 13.5 Å². The Kier molecular flexibility index (Phi) is 3.14. The number of aromatic nitrogens is 1. The topological polar surface area (TPSA) is 38.9 Å². The van der Waals surface area contributed by atoms with Crippen molar-refractivity contribution < 1.29 is 0 Å². The summed E-state index contributed by atoms with van der Waals surface area (Å²) in [4.78, 5) is 4.54. The molecule has 15 heavy (non-hydrogen) atoms. The van der Waals surface area contributed by atoms with Gasteiger partial charge in [-0.1, -0.05) is 29.8 Å². The van der Waals surface area contributed by atoms with E-state index in [1.807, 2.05) is 0 Å². The highest BCUT2D eigenvalue weighted by molar-refractivity contribution is 7.13. The Morgan fingerprint density at radius 1 is 1.27 bits per heavy atom. The van der Waals surface area contributed by atoms with Gasteiger partial charge < -0.3 is 5.73 Å². The fraction of sp³-hybridized carbons (Fsp3) is 0.250. The maximum Gasteiger partial charge on any atom is 0.123 e. The van der Waals surface area contributed by atoms with Gasteiger partial charge in [0.15, 0.2) is 0 Å². The third-order valence-corrected chi connectivity index (χ3v) is 3.19. The molecule has 1 aromatic heterocycles. The minimum absolute atomic E-state index is 0.664. The zero-order valence-electron chi connectivity index (χ0n) is 8.73. The van der Waals surface area contributed by atoms with Crippen molar-refractivity contribution in [2.24, 2.45) is 5.73 Å². The molecule has 0 aliphatic carbocycles. The SMILES string of the molecule is Cc1ccc(-c2nc(CCN)cs2)cc1. The number of benzene rings is 1. The van der Waals surface area contributed by atoms with Crippen LogP contribution in [-0.4, -0.2) is 11.5 Å². The Labute approximate surface area is 93.8 Å². The van der Waals surface area contributed by atoms with Crippen molar-refractivity contribution in [2.75, 3.05) is 6.54 Å². The van der Waals surface area contributed by atoms with Gasteiger partial charge >= 0.3 is 0 Å². The van der Waals surface area contributed by atoms with Gasteiger partial charge in [0.2, 0.25) is 0 Å². The lowest BCUT2D eigenvalue weighted by Gasteiger charge is -1.96. The predicted molar refractivity (Wildman–Crippen MR) is 65.0 cm³/mol. The lowest BCUT2D eigenvalue weighted by Crippen LogP contribution is -2.02. The highest BCUT2D eigenvalue weighted by Gasteiger charge is 2.03. The highest BCUT2D eigenvalue weighted by Crippen LogP contribution is 2.23. The van der Waals surface area contributed by atoms with Gasteiger partial charge in [-0.2, -0.15) is 0 Å². The summed E-state index contributed by atoms with van der Waals surface area (Å²) in [5.74, 6) is 0. The number of hydrogen-bond acceptors (Lipinski definition) is 3. The Bertz CT molecular complexity index is 431. The first-order valence-electron chi connectivity index (χ1n) is 5.01. The zero-order chi connectivity index (χ0) is 10.7. The van der Waals surface area contributed by atoms with Crippen LogP contribution >= 0.6 is 11.3 Å². The van der Waals surface area contributed by atoms with Crippen molar-refractivity contribution in [3.05, 3.63) is 40.9 Å². The summed E-state index contributed by atoms with van der Waals surface area (Å²) < 4.78 is 0. The third kappa shape index (κ3) is 2.43. The zero-order valence-corrected chi connectivity index (χ0v) is 9.55. The molecular formula is C12H14N2S. The van der Waals surface area contributed by atoms with E-state index in [1.165, 1.54) is 11.1 Å². The molecule has 0 atom stereocenters. The molecule has 0 saturated carbocycles. The molecule has 0 radical (unpaired) electrons. The van der Waals surface area contributed by atoms with Crippen LogP contribution in [0.1, 0.15) is 11.3 Å². The van der Waals surface area contributed by atoms with Gasteiger partial charge in [0.05, 0.1) is 5.69 Å². The van der Waals surface area contributed by atoms with E-state index in [4.69, 9.17) is 5.73 Å². The van der Waals surface area contributed by atoms with Crippen LogP contribution in [0.2, 0.25) is 0 Å². The molecule has 0 aliphatic heterocycles. The lowest BCUT2D eigenvalue weighted by molar-refractivity contribution is 0.936. The Balaban J connectivity index is 2.25. The number of aryl methyl sites for hydroxylation is 1. The molecule has 3 heteroatoms. The summed E-state index contributed by atoms with van der Waals surface area (Å²) in [6.45, 7) is 2.75. The summed E-state index contributed by atoms with van der Waals surface area (Å²) in [7, 11) is 0. The van der Waals surface area contributed by atoms with Crippen LogP contribution in [-0.2, 0) is 6.42 Å². The maximum absolute atomic E-state index is 5.49. The average Bonchev–Trinajstić information content (AvgIpc) is 2.68. The van der Waals surface area contributed by atoms with Gasteiger partial charge in [-0.3, -0.25) is 0 Å². The summed E-state index contributed by atoms with van der Waals surface area (Å²) in [6.07, 6.45) is 0.863.